The van der Waals surface area contributed by atoms with Gasteiger partial charge in [0.15, 0.2) is 0 Å². The number of carbonyl (C=O) groups excluding carboxylic acids is 2. The molecule has 0 aromatic heterocycles. The normalized spacial score (nSPS) is 26.7. The van der Waals surface area contributed by atoms with Crippen molar-refractivity contribution >= 4 is 12.1 Å². The fraction of sp³-hybridized carbons (Fsp3) is 0.846. The maximum Gasteiger partial charge on any atom is 0.408 e. The molecule has 0 aliphatic heterocycles. The quantitative estimate of drug-likeness (QED) is 0.786. The second-order valence-electron chi connectivity index (χ2n) is 6.14. The zero-order valence-corrected chi connectivity index (χ0v) is 12.0. The zero-order valence-electron chi connectivity index (χ0n) is 12.0. The molecule has 5 heteroatoms. The van der Waals surface area contributed by atoms with Crippen molar-refractivity contribution in [2.24, 2.45) is 11.8 Å². The average Bonchev–Trinajstić information content (AvgIpc) is 2.89. The SMILES string of the molecule is COC(=O)C1(NC(=O)OC(C)(C)C)CC1C(C)C. The Hall–Kier alpha value is -1.26. The minimum Gasteiger partial charge on any atom is -0.467 e. The third-order valence-electron chi connectivity index (χ3n) is 3.09. The van der Waals surface area contributed by atoms with Crippen LogP contribution in [0.1, 0.15) is 41.0 Å². The van der Waals surface area contributed by atoms with Crippen LogP contribution in [0.2, 0.25) is 0 Å². The first-order valence-corrected chi connectivity index (χ1v) is 6.22. The van der Waals surface area contributed by atoms with E-state index in [1.54, 1.807) is 20.8 Å². The van der Waals surface area contributed by atoms with Gasteiger partial charge in [-0.3, -0.25) is 0 Å². The van der Waals surface area contributed by atoms with E-state index in [1.807, 2.05) is 13.8 Å². The molecule has 5 nitrogen and oxygen atoms in total. The number of methoxy groups -OCH3 is 1. The Balaban J connectivity index is 2.72. The predicted octanol–water partition coefficient (Wildman–Crippen LogP) is 2.10. The first-order valence-electron chi connectivity index (χ1n) is 6.22. The van der Waals surface area contributed by atoms with Crippen molar-refractivity contribution in [1.82, 2.24) is 5.32 Å². The number of nitrogens with one attached hydrogen (secondary N) is 1. The molecule has 104 valence electrons. The molecule has 1 N–H and O–H groups in total. The van der Waals surface area contributed by atoms with Crippen molar-refractivity contribution in [3.8, 4) is 0 Å². The highest BCUT2D eigenvalue weighted by molar-refractivity contribution is 5.89. The molecule has 2 unspecified atom stereocenters. The highest BCUT2D eigenvalue weighted by atomic mass is 16.6. The molecule has 1 aliphatic rings. The van der Waals surface area contributed by atoms with Crippen molar-refractivity contribution in [3.05, 3.63) is 0 Å². The van der Waals surface area contributed by atoms with Gasteiger partial charge in [-0.1, -0.05) is 13.8 Å². The second-order valence-corrected chi connectivity index (χ2v) is 6.14. The molecule has 0 aromatic rings. The first-order chi connectivity index (χ1) is 8.12. The van der Waals surface area contributed by atoms with Crippen molar-refractivity contribution in [2.45, 2.75) is 52.2 Å². The molecule has 0 spiro atoms. The predicted molar refractivity (Wildman–Crippen MR) is 67.1 cm³/mol. The minimum atomic E-state index is -0.898. The van der Waals surface area contributed by atoms with Crippen molar-refractivity contribution in [1.29, 1.82) is 0 Å². The van der Waals surface area contributed by atoms with E-state index in [-0.39, 0.29) is 5.92 Å². The molecular formula is C13H23NO4. The third kappa shape index (κ3) is 3.15. The Kier molecular flexibility index (Phi) is 3.93. The average molecular weight is 257 g/mol. The molecule has 18 heavy (non-hydrogen) atoms. The van der Waals surface area contributed by atoms with Crippen LogP contribution in [0.3, 0.4) is 0 Å². The molecule has 1 rings (SSSR count). The van der Waals surface area contributed by atoms with Gasteiger partial charge in [-0.2, -0.15) is 0 Å². The van der Waals surface area contributed by atoms with Gasteiger partial charge in [-0.05, 0) is 39.0 Å². The molecule has 0 saturated heterocycles. The second kappa shape index (κ2) is 4.78. The van der Waals surface area contributed by atoms with Crippen molar-refractivity contribution in [2.75, 3.05) is 7.11 Å². The Morgan fingerprint density at radius 2 is 1.89 bits per heavy atom. The van der Waals surface area contributed by atoms with Gasteiger partial charge in [-0.25, -0.2) is 9.59 Å². The fourth-order valence-electron chi connectivity index (χ4n) is 2.19. The lowest BCUT2D eigenvalue weighted by atomic mass is 10.0. The van der Waals surface area contributed by atoms with Gasteiger partial charge in [0.2, 0.25) is 0 Å². The Labute approximate surface area is 108 Å². The monoisotopic (exact) mass is 257 g/mol. The molecule has 0 heterocycles. The van der Waals surface area contributed by atoms with E-state index in [0.29, 0.717) is 12.3 Å². The van der Waals surface area contributed by atoms with Crippen molar-refractivity contribution in [3.63, 3.8) is 0 Å². The van der Waals surface area contributed by atoms with E-state index in [4.69, 9.17) is 9.47 Å². The van der Waals surface area contributed by atoms with Crippen LogP contribution >= 0.6 is 0 Å². The van der Waals surface area contributed by atoms with Gasteiger partial charge in [-0.15, -0.1) is 0 Å². The maximum atomic E-state index is 11.8. The van der Waals surface area contributed by atoms with Crippen LogP contribution in [0, 0.1) is 11.8 Å². The zero-order chi connectivity index (χ0) is 14.1. The van der Waals surface area contributed by atoms with Gasteiger partial charge in [0, 0.05) is 0 Å². The van der Waals surface area contributed by atoms with Crippen LogP contribution in [0.25, 0.3) is 0 Å². The van der Waals surface area contributed by atoms with Crippen LogP contribution in [0.5, 0.6) is 0 Å². The van der Waals surface area contributed by atoms with Crippen LogP contribution in [0.4, 0.5) is 4.79 Å². The summed E-state index contributed by atoms with van der Waals surface area (Å²) in [5.74, 6) is 0.0172. The molecule has 0 bridgehead atoms. The summed E-state index contributed by atoms with van der Waals surface area (Å²) >= 11 is 0. The van der Waals surface area contributed by atoms with Gasteiger partial charge < -0.3 is 14.8 Å². The van der Waals surface area contributed by atoms with Gasteiger partial charge in [0.1, 0.15) is 11.1 Å². The summed E-state index contributed by atoms with van der Waals surface area (Å²) in [5.41, 5.74) is -1.48. The maximum absolute atomic E-state index is 11.8. The molecule has 1 aliphatic carbocycles. The third-order valence-corrected chi connectivity index (χ3v) is 3.09. The molecule has 1 fully saturated rings. The van der Waals surface area contributed by atoms with E-state index in [1.165, 1.54) is 7.11 Å². The van der Waals surface area contributed by atoms with Crippen LogP contribution in [-0.2, 0) is 14.3 Å². The van der Waals surface area contributed by atoms with Gasteiger partial charge >= 0.3 is 12.1 Å². The molecule has 0 aromatic carbocycles. The fourth-order valence-corrected chi connectivity index (χ4v) is 2.19. The highest BCUT2D eigenvalue weighted by Crippen LogP contribution is 2.49. The van der Waals surface area contributed by atoms with E-state index in [9.17, 15) is 9.59 Å². The highest BCUT2D eigenvalue weighted by Gasteiger charge is 2.63. The van der Waals surface area contributed by atoms with Crippen LogP contribution < -0.4 is 5.32 Å². The van der Waals surface area contributed by atoms with Crippen LogP contribution in [-0.4, -0.2) is 30.3 Å². The van der Waals surface area contributed by atoms with Gasteiger partial charge in [0.25, 0.3) is 0 Å². The Morgan fingerprint density at radius 3 is 2.22 bits per heavy atom. The van der Waals surface area contributed by atoms with Crippen LogP contribution in [0.15, 0.2) is 0 Å². The number of carbonyl (C=O) groups is 2. The van der Waals surface area contributed by atoms with E-state index < -0.39 is 23.2 Å². The standard InChI is InChI=1S/C13H23NO4/c1-8(2)9-7-13(9,10(15)17-6)14-11(16)18-12(3,4)5/h8-9H,7H2,1-6H3,(H,14,16). The Morgan fingerprint density at radius 1 is 1.33 bits per heavy atom. The summed E-state index contributed by atoms with van der Waals surface area (Å²) in [5, 5.41) is 2.67. The number of alkyl carbamates (subject to hydrolysis) is 1. The van der Waals surface area contributed by atoms with E-state index in [2.05, 4.69) is 5.32 Å². The summed E-state index contributed by atoms with van der Waals surface area (Å²) in [6, 6.07) is 0. The lowest BCUT2D eigenvalue weighted by molar-refractivity contribution is -0.145. The molecule has 1 saturated carbocycles. The first kappa shape index (κ1) is 14.8. The van der Waals surface area contributed by atoms with Gasteiger partial charge in [0.05, 0.1) is 7.11 Å². The number of hydrogen-bond donors (Lipinski definition) is 1. The summed E-state index contributed by atoms with van der Waals surface area (Å²) in [6.45, 7) is 9.39. The Bertz CT molecular complexity index is 345. The minimum absolute atomic E-state index is 0.109. The van der Waals surface area contributed by atoms with E-state index in [0.717, 1.165) is 0 Å². The topological polar surface area (TPSA) is 64.6 Å². The molecule has 0 radical (unpaired) electrons. The summed E-state index contributed by atoms with van der Waals surface area (Å²) < 4.78 is 9.96. The smallest absolute Gasteiger partial charge is 0.408 e. The largest absolute Gasteiger partial charge is 0.467 e. The number of ether oxygens (including phenoxy) is 2. The summed E-state index contributed by atoms with van der Waals surface area (Å²) in [6.07, 6.45) is 0.0346. The lowest BCUT2D eigenvalue weighted by Crippen LogP contribution is -2.48. The number of hydrogen-bond acceptors (Lipinski definition) is 4. The number of amides is 1. The molecule has 1 amide bonds. The lowest BCUT2D eigenvalue weighted by Gasteiger charge is -2.23. The summed E-state index contributed by atoms with van der Waals surface area (Å²) in [4.78, 5) is 23.6. The number of rotatable bonds is 3. The summed E-state index contributed by atoms with van der Waals surface area (Å²) in [7, 11) is 1.33. The molecule has 2 atom stereocenters. The number of esters is 1. The van der Waals surface area contributed by atoms with E-state index >= 15 is 0 Å². The molecular weight excluding hydrogens is 234 g/mol. The van der Waals surface area contributed by atoms with Crippen molar-refractivity contribution < 1.29 is 19.1 Å².